The molecule has 0 heterocycles. The molecule has 0 aliphatic rings. The van der Waals surface area contributed by atoms with Gasteiger partial charge >= 0.3 is 25.6 Å². The lowest BCUT2D eigenvalue weighted by Crippen LogP contribution is -2.48. The molecule has 1 N–H and O–H groups in total. The average Bonchev–Trinajstić information content (AvgIpc) is 2.36. The van der Waals surface area contributed by atoms with Crippen molar-refractivity contribution < 1.29 is 41.5 Å². The summed E-state index contributed by atoms with van der Waals surface area (Å²) in [5, 5.41) is -2.02. The molecule has 2 atom stereocenters. The molecule has 0 aromatic heterocycles. The van der Waals surface area contributed by atoms with E-state index in [2.05, 4.69) is 20.9 Å². The first-order chi connectivity index (χ1) is 10.0. The molecule has 0 rings (SSSR count). The number of ether oxygens (including phenoxy) is 1. The maximum Gasteiger partial charge on any atom is 0.471 e. The lowest BCUT2D eigenvalue weighted by Gasteiger charge is -2.31. The standard InChI is InChI=1S/C9H15F3NO6PS2/c1-3-18-6(14)5-13(7(15)9(10,11)12)8(22-21)20(16,17)19-4-2/h8,21H,3-5H2,1-2H3,(H,16,17). The van der Waals surface area contributed by atoms with Crippen LogP contribution in [0.2, 0.25) is 0 Å². The van der Waals surface area contributed by atoms with E-state index < -0.39 is 37.3 Å². The number of esters is 1. The number of carbonyl (C=O) groups is 2. The van der Waals surface area contributed by atoms with Crippen molar-refractivity contribution in [3.8, 4) is 0 Å². The highest BCUT2D eigenvalue weighted by atomic mass is 33.1. The molecule has 0 aliphatic heterocycles. The van der Waals surface area contributed by atoms with Gasteiger partial charge in [-0.2, -0.15) is 13.2 Å². The van der Waals surface area contributed by atoms with Crippen molar-refractivity contribution in [3.63, 3.8) is 0 Å². The summed E-state index contributed by atoms with van der Waals surface area (Å²) < 4.78 is 58.7. The molecule has 22 heavy (non-hydrogen) atoms. The van der Waals surface area contributed by atoms with Crippen LogP contribution in [0.4, 0.5) is 13.2 Å². The van der Waals surface area contributed by atoms with Crippen molar-refractivity contribution in [1.29, 1.82) is 0 Å². The van der Waals surface area contributed by atoms with Crippen LogP contribution in [0.15, 0.2) is 0 Å². The minimum absolute atomic E-state index is 0.131. The maximum absolute atomic E-state index is 12.6. The Hall–Kier alpha value is -0.420. The molecule has 0 fully saturated rings. The van der Waals surface area contributed by atoms with E-state index in [1.54, 1.807) is 0 Å². The van der Waals surface area contributed by atoms with E-state index in [0.29, 0.717) is 0 Å². The van der Waals surface area contributed by atoms with Gasteiger partial charge in [0.1, 0.15) is 6.54 Å². The van der Waals surface area contributed by atoms with Crippen LogP contribution < -0.4 is 0 Å². The Bertz CT molecular complexity index is 450. The second kappa shape index (κ2) is 9.02. The highest BCUT2D eigenvalue weighted by Gasteiger charge is 2.50. The molecule has 0 saturated heterocycles. The third-order valence-corrected chi connectivity index (χ3v) is 6.18. The molecular weight excluding hydrogens is 370 g/mol. The molecule has 0 radical (unpaired) electrons. The quantitative estimate of drug-likeness (QED) is 0.217. The first-order valence-electron chi connectivity index (χ1n) is 5.81. The first kappa shape index (κ1) is 21.6. The van der Waals surface area contributed by atoms with Gasteiger partial charge in [0.05, 0.1) is 13.2 Å². The summed E-state index contributed by atoms with van der Waals surface area (Å²) in [4.78, 5) is 32.3. The summed E-state index contributed by atoms with van der Waals surface area (Å²) in [6, 6.07) is 0. The third kappa shape index (κ3) is 6.37. The first-order valence-corrected chi connectivity index (χ1v) is 9.39. The van der Waals surface area contributed by atoms with Gasteiger partial charge in [0.2, 0.25) is 0 Å². The Morgan fingerprint density at radius 3 is 2.27 bits per heavy atom. The van der Waals surface area contributed by atoms with Crippen molar-refractivity contribution >= 4 is 41.9 Å². The van der Waals surface area contributed by atoms with Crippen LogP contribution in [0.3, 0.4) is 0 Å². The van der Waals surface area contributed by atoms with E-state index in [-0.39, 0.29) is 28.9 Å². The van der Waals surface area contributed by atoms with Crippen LogP contribution in [0, 0.1) is 0 Å². The van der Waals surface area contributed by atoms with Gasteiger partial charge in [-0.3, -0.25) is 19.1 Å². The molecule has 0 aromatic carbocycles. The van der Waals surface area contributed by atoms with E-state index in [0.717, 1.165) is 0 Å². The van der Waals surface area contributed by atoms with Gasteiger partial charge in [0, 0.05) is 0 Å². The van der Waals surface area contributed by atoms with Crippen LogP contribution in [0.5, 0.6) is 0 Å². The summed E-state index contributed by atoms with van der Waals surface area (Å²) in [7, 11) is -4.49. The van der Waals surface area contributed by atoms with Gasteiger partial charge in [-0.25, -0.2) is 0 Å². The summed E-state index contributed by atoms with van der Waals surface area (Å²) in [6.45, 7) is 1.17. The molecule has 0 spiro atoms. The van der Waals surface area contributed by atoms with Crippen LogP contribution in [-0.2, 0) is 23.4 Å². The van der Waals surface area contributed by atoms with Crippen molar-refractivity contribution in [2.45, 2.75) is 25.1 Å². The smallest absolute Gasteiger partial charge is 0.465 e. The molecule has 7 nitrogen and oxygen atoms in total. The minimum atomic E-state index is -5.35. The van der Waals surface area contributed by atoms with Gasteiger partial charge in [-0.1, -0.05) is 10.8 Å². The zero-order chi connectivity index (χ0) is 17.6. The van der Waals surface area contributed by atoms with E-state index >= 15 is 0 Å². The highest BCUT2D eigenvalue weighted by Crippen LogP contribution is 2.55. The van der Waals surface area contributed by atoms with E-state index in [1.807, 2.05) is 0 Å². The zero-order valence-corrected chi connectivity index (χ0v) is 14.2. The monoisotopic (exact) mass is 385 g/mol. The number of rotatable bonds is 8. The number of amides is 1. The largest absolute Gasteiger partial charge is 0.471 e. The van der Waals surface area contributed by atoms with Gasteiger partial charge < -0.3 is 14.2 Å². The van der Waals surface area contributed by atoms with E-state index in [4.69, 9.17) is 0 Å². The number of nitrogens with zero attached hydrogens (tertiary/aromatic N) is 1. The molecule has 13 heteroatoms. The number of halogens is 3. The number of hydrogen-bond acceptors (Lipinski definition) is 7. The molecule has 0 aromatic rings. The van der Waals surface area contributed by atoms with Crippen LogP contribution in [0.25, 0.3) is 0 Å². The molecule has 0 saturated carbocycles. The zero-order valence-electron chi connectivity index (χ0n) is 11.6. The molecule has 0 bridgehead atoms. The van der Waals surface area contributed by atoms with Gasteiger partial charge in [0.15, 0.2) is 5.11 Å². The van der Waals surface area contributed by atoms with Crippen molar-refractivity contribution in [2.75, 3.05) is 19.8 Å². The summed E-state index contributed by atoms with van der Waals surface area (Å²) >= 11 is 3.60. The second-order valence-corrected chi connectivity index (χ2v) is 7.16. The van der Waals surface area contributed by atoms with Crippen LogP contribution >= 0.6 is 30.1 Å². The Balaban J connectivity index is 5.57. The fourth-order valence-corrected chi connectivity index (χ4v) is 4.69. The number of hydrogen-bond donors (Lipinski definition) is 2. The minimum Gasteiger partial charge on any atom is -0.465 e. The van der Waals surface area contributed by atoms with Gasteiger partial charge in [0.25, 0.3) is 0 Å². The van der Waals surface area contributed by atoms with Crippen LogP contribution in [0.1, 0.15) is 13.8 Å². The number of carbonyl (C=O) groups excluding carboxylic acids is 2. The molecule has 0 aliphatic carbocycles. The SMILES string of the molecule is CCOC(=O)CN(C(=O)C(F)(F)F)C(SS)P(=O)(O)OCC. The predicted molar refractivity (Wildman–Crippen MR) is 76.2 cm³/mol. The average molecular weight is 385 g/mol. The molecule has 130 valence electrons. The second-order valence-electron chi connectivity index (χ2n) is 3.65. The fourth-order valence-electron chi connectivity index (χ4n) is 1.30. The molecule has 2 unspecified atom stereocenters. The van der Waals surface area contributed by atoms with E-state index in [9.17, 15) is 32.2 Å². The number of alkyl halides is 3. The van der Waals surface area contributed by atoms with Crippen LogP contribution in [-0.4, -0.2) is 52.7 Å². The third-order valence-electron chi connectivity index (χ3n) is 2.06. The summed E-state index contributed by atoms with van der Waals surface area (Å²) in [5.41, 5.74) is 0. The predicted octanol–water partition coefficient (Wildman–Crippen LogP) is 2.02. The Kier molecular flexibility index (Phi) is 8.85. The summed E-state index contributed by atoms with van der Waals surface area (Å²) in [6.07, 6.45) is -5.35. The van der Waals surface area contributed by atoms with E-state index in [1.165, 1.54) is 13.8 Å². The topological polar surface area (TPSA) is 93.1 Å². The Morgan fingerprint density at radius 1 is 1.36 bits per heavy atom. The fraction of sp³-hybridized carbons (Fsp3) is 0.778. The lowest BCUT2D eigenvalue weighted by atomic mass is 10.5. The van der Waals surface area contributed by atoms with Gasteiger partial charge in [-0.15, -0.1) is 11.7 Å². The maximum atomic E-state index is 12.6. The van der Waals surface area contributed by atoms with Crippen molar-refractivity contribution in [2.24, 2.45) is 0 Å². The lowest BCUT2D eigenvalue weighted by molar-refractivity contribution is -0.186. The number of thiol groups is 1. The van der Waals surface area contributed by atoms with Crippen molar-refractivity contribution in [3.05, 3.63) is 0 Å². The Labute approximate surface area is 133 Å². The van der Waals surface area contributed by atoms with Crippen molar-refractivity contribution in [1.82, 2.24) is 4.90 Å². The molecular formula is C9H15F3NO6PS2. The molecule has 1 amide bonds. The normalized spacial score (nSPS) is 15.8. The highest BCUT2D eigenvalue weighted by molar-refractivity contribution is 8.69. The summed E-state index contributed by atoms with van der Waals surface area (Å²) in [5.74, 6) is -3.63. The van der Waals surface area contributed by atoms with Gasteiger partial charge in [-0.05, 0) is 13.8 Å². The Morgan fingerprint density at radius 2 is 1.91 bits per heavy atom.